The fourth-order valence-electron chi connectivity index (χ4n) is 1.91. The Labute approximate surface area is 89.0 Å². The highest BCUT2D eigenvalue weighted by Gasteiger charge is 2.28. The first-order valence-corrected chi connectivity index (χ1v) is 5.50. The van der Waals surface area contributed by atoms with Gasteiger partial charge >= 0.3 is 0 Å². The zero-order valence-electron chi connectivity index (χ0n) is 8.32. The van der Waals surface area contributed by atoms with Crippen LogP contribution in [0.3, 0.4) is 0 Å². The maximum atomic E-state index is 5.92. The molecule has 0 saturated carbocycles. The van der Waals surface area contributed by atoms with E-state index in [0.29, 0.717) is 11.8 Å². The largest absolute Gasteiger partial charge is 0.372 e. The van der Waals surface area contributed by atoms with E-state index in [2.05, 4.69) is 4.98 Å². The highest BCUT2D eigenvalue weighted by atomic mass is 35.5. The molecule has 14 heavy (non-hydrogen) atoms. The van der Waals surface area contributed by atoms with Crippen LogP contribution in [0.1, 0.15) is 24.6 Å². The lowest BCUT2D eigenvalue weighted by molar-refractivity contribution is -0.0231. The van der Waals surface area contributed by atoms with Crippen LogP contribution in [-0.2, 0) is 11.8 Å². The van der Waals surface area contributed by atoms with Crippen molar-refractivity contribution >= 4 is 11.6 Å². The van der Waals surface area contributed by atoms with Gasteiger partial charge in [0.1, 0.15) is 6.10 Å². The molecule has 1 fully saturated rings. The molecule has 4 heteroatoms. The molecule has 0 aromatic carbocycles. The van der Waals surface area contributed by atoms with Gasteiger partial charge in [0.15, 0.2) is 0 Å². The lowest BCUT2D eigenvalue weighted by atomic mass is 9.94. The van der Waals surface area contributed by atoms with Gasteiger partial charge < -0.3 is 9.30 Å². The Hall–Kier alpha value is -0.540. The summed E-state index contributed by atoms with van der Waals surface area (Å²) in [6, 6.07) is 0. The average Bonchev–Trinajstić information content (AvgIpc) is 2.65. The molecule has 0 aliphatic carbocycles. The van der Waals surface area contributed by atoms with Crippen molar-refractivity contribution in [1.82, 2.24) is 9.55 Å². The smallest absolute Gasteiger partial charge is 0.105 e. The van der Waals surface area contributed by atoms with E-state index in [-0.39, 0.29) is 6.10 Å². The Morgan fingerprint density at radius 3 is 3.21 bits per heavy atom. The highest BCUT2D eigenvalue weighted by molar-refractivity contribution is 6.18. The first kappa shape index (κ1) is 9.99. The van der Waals surface area contributed by atoms with Gasteiger partial charge in [0.2, 0.25) is 0 Å². The number of rotatable bonds is 2. The van der Waals surface area contributed by atoms with Gasteiger partial charge in [-0.3, -0.25) is 0 Å². The third-order valence-corrected chi connectivity index (χ3v) is 3.06. The molecular weight excluding hydrogens is 200 g/mol. The summed E-state index contributed by atoms with van der Waals surface area (Å²) in [5.74, 6) is 1.07. The van der Waals surface area contributed by atoms with Crippen LogP contribution in [0.15, 0.2) is 12.5 Å². The van der Waals surface area contributed by atoms with Crippen LogP contribution in [-0.4, -0.2) is 22.0 Å². The van der Waals surface area contributed by atoms with E-state index in [4.69, 9.17) is 16.3 Å². The van der Waals surface area contributed by atoms with Crippen molar-refractivity contribution in [3.05, 3.63) is 18.2 Å². The van der Waals surface area contributed by atoms with Crippen molar-refractivity contribution < 1.29 is 4.74 Å². The van der Waals surface area contributed by atoms with Crippen LogP contribution >= 0.6 is 11.6 Å². The molecule has 0 N–H and O–H groups in total. The van der Waals surface area contributed by atoms with Gasteiger partial charge in [-0.05, 0) is 12.8 Å². The zero-order valence-corrected chi connectivity index (χ0v) is 9.07. The van der Waals surface area contributed by atoms with E-state index in [0.717, 1.165) is 25.1 Å². The SMILES string of the molecule is Cn1cnc(C2OCCCC2CCl)c1. The highest BCUT2D eigenvalue weighted by Crippen LogP contribution is 2.33. The lowest BCUT2D eigenvalue weighted by Crippen LogP contribution is -2.24. The normalized spacial score (nSPS) is 27.9. The molecule has 2 rings (SSSR count). The van der Waals surface area contributed by atoms with Gasteiger partial charge in [-0.2, -0.15) is 0 Å². The summed E-state index contributed by atoms with van der Waals surface area (Å²) in [6.45, 7) is 0.828. The number of nitrogens with zero attached hydrogens (tertiary/aromatic N) is 2. The average molecular weight is 215 g/mol. The van der Waals surface area contributed by atoms with Crippen molar-refractivity contribution in [3.8, 4) is 0 Å². The van der Waals surface area contributed by atoms with Crippen molar-refractivity contribution in [2.75, 3.05) is 12.5 Å². The zero-order chi connectivity index (χ0) is 9.97. The molecule has 3 nitrogen and oxygen atoms in total. The number of imidazole rings is 1. The first-order chi connectivity index (χ1) is 6.81. The summed E-state index contributed by atoms with van der Waals surface area (Å²) in [6.07, 6.45) is 6.17. The van der Waals surface area contributed by atoms with E-state index in [9.17, 15) is 0 Å². The molecule has 0 amide bonds. The van der Waals surface area contributed by atoms with Gasteiger partial charge in [-0.15, -0.1) is 11.6 Å². The van der Waals surface area contributed by atoms with Crippen molar-refractivity contribution in [2.24, 2.45) is 13.0 Å². The maximum Gasteiger partial charge on any atom is 0.105 e. The van der Waals surface area contributed by atoms with Crippen LogP contribution in [0.4, 0.5) is 0 Å². The molecule has 0 radical (unpaired) electrons. The summed E-state index contributed by atoms with van der Waals surface area (Å²) in [5.41, 5.74) is 1.01. The van der Waals surface area contributed by atoms with Gasteiger partial charge in [-0.1, -0.05) is 0 Å². The molecule has 1 aromatic rings. The van der Waals surface area contributed by atoms with Crippen LogP contribution in [0, 0.1) is 5.92 Å². The van der Waals surface area contributed by atoms with Crippen LogP contribution in [0.25, 0.3) is 0 Å². The summed E-state index contributed by atoms with van der Waals surface area (Å²) in [5, 5.41) is 0. The molecule has 0 spiro atoms. The van der Waals surface area contributed by atoms with Crippen molar-refractivity contribution in [3.63, 3.8) is 0 Å². The fourth-order valence-corrected chi connectivity index (χ4v) is 2.22. The Balaban J connectivity index is 2.14. The first-order valence-electron chi connectivity index (χ1n) is 4.96. The van der Waals surface area contributed by atoms with Crippen molar-refractivity contribution in [1.29, 1.82) is 0 Å². The topological polar surface area (TPSA) is 27.1 Å². The molecule has 2 unspecified atom stereocenters. The molecule has 1 aliphatic rings. The molecule has 1 aromatic heterocycles. The van der Waals surface area contributed by atoms with Gasteiger partial charge in [0.05, 0.1) is 12.0 Å². The van der Waals surface area contributed by atoms with E-state index in [1.165, 1.54) is 0 Å². The number of aryl methyl sites for hydroxylation is 1. The number of ether oxygens (including phenoxy) is 1. The Morgan fingerprint density at radius 1 is 1.71 bits per heavy atom. The van der Waals surface area contributed by atoms with Gasteiger partial charge in [-0.25, -0.2) is 4.98 Å². The van der Waals surface area contributed by atoms with E-state index < -0.39 is 0 Å². The van der Waals surface area contributed by atoms with Crippen LogP contribution < -0.4 is 0 Å². The number of aromatic nitrogens is 2. The van der Waals surface area contributed by atoms with E-state index >= 15 is 0 Å². The van der Waals surface area contributed by atoms with Crippen LogP contribution in [0.5, 0.6) is 0 Å². The number of alkyl halides is 1. The van der Waals surface area contributed by atoms with E-state index in [1.807, 2.05) is 17.8 Å². The Kier molecular flexibility index (Phi) is 3.08. The standard InChI is InChI=1S/C10H15ClN2O/c1-13-6-9(12-7-13)10-8(5-11)3-2-4-14-10/h6-8,10H,2-5H2,1H3. The molecule has 78 valence electrons. The molecule has 2 heterocycles. The molecule has 1 saturated heterocycles. The second-order valence-electron chi connectivity index (χ2n) is 3.81. The minimum Gasteiger partial charge on any atom is -0.372 e. The van der Waals surface area contributed by atoms with Crippen LogP contribution in [0.2, 0.25) is 0 Å². The summed E-state index contributed by atoms with van der Waals surface area (Å²) in [4.78, 5) is 4.32. The maximum absolute atomic E-state index is 5.92. The lowest BCUT2D eigenvalue weighted by Gasteiger charge is -2.29. The second kappa shape index (κ2) is 4.32. The molecule has 1 aliphatic heterocycles. The Morgan fingerprint density at radius 2 is 2.57 bits per heavy atom. The predicted molar refractivity (Wildman–Crippen MR) is 55.3 cm³/mol. The molecule has 0 bridgehead atoms. The quantitative estimate of drug-likeness (QED) is 0.706. The minimum atomic E-state index is 0.0995. The third-order valence-electron chi connectivity index (χ3n) is 2.66. The number of hydrogen-bond donors (Lipinski definition) is 0. The van der Waals surface area contributed by atoms with Gasteiger partial charge in [0.25, 0.3) is 0 Å². The number of hydrogen-bond acceptors (Lipinski definition) is 2. The van der Waals surface area contributed by atoms with Gasteiger partial charge in [0, 0.05) is 31.6 Å². The fraction of sp³-hybridized carbons (Fsp3) is 0.700. The Bertz CT molecular complexity index is 300. The summed E-state index contributed by atoms with van der Waals surface area (Å²) >= 11 is 5.92. The van der Waals surface area contributed by atoms with E-state index in [1.54, 1.807) is 6.33 Å². The second-order valence-corrected chi connectivity index (χ2v) is 4.12. The predicted octanol–water partition coefficient (Wildman–Crippen LogP) is 2.13. The monoisotopic (exact) mass is 214 g/mol. The molecular formula is C10H15ClN2O. The third kappa shape index (κ3) is 1.93. The minimum absolute atomic E-state index is 0.0995. The molecule has 2 atom stereocenters. The summed E-state index contributed by atoms with van der Waals surface area (Å²) < 4.78 is 7.66. The number of halogens is 1. The summed E-state index contributed by atoms with van der Waals surface area (Å²) in [7, 11) is 1.97. The van der Waals surface area contributed by atoms with Crippen molar-refractivity contribution in [2.45, 2.75) is 18.9 Å².